The van der Waals surface area contributed by atoms with E-state index in [9.17, 15) is 4.79 Å². The van der Waals surface area contributed by atoms with Crippen molar-refractivity contribution >= 4 is 33.6 Å². The van der Waals surface area contributed by atoms with Gasteiger partial charge in [-0.3, -0.25) is 4.79 Å². The third-order valence-corrected chi connectivity index (χ3v) is 4.61. The molecule has 5 heteroatoms. The summed E-state index contributed by atoms with van der Waals surface area (Å²) >= 11 is 3.39. The number of hydrogen-bond donors (Lipinski definition) is 1. The van der Waals surface area contributed by atoms with Crippen LogP contribution in [0.1, 0.15) is 21.5 Å². The highest BCUT2D eigenvalue weighted by Crippen LogP contribution is 2.25. The van der Waals surface area contributed by atoms with Crippen LogP contribution in [0.2, 0.25) is 0 Å². The normalized spacial score (nSPS) is 11.4. The molecule has 0 fully saturated rings. The number of carbonyl (C=O) groups is 1. The van der Waals surface area contributed by atoms with Crippen LogP contribution >= 0.6 is 15.9 Å². The zero-order chi connectivity index (χ0) is 19.8. The van der Waals surface area contributed by atoms with Crippen LogP contribution in [0.3, 0.4) is 0 Å². The molecule has 0 radical (unpaired) electrons. The molecule has 0 heterocycles. The molecule has 0 saturated heterocycles. The summed E-state index contributed by atoms with van der Waals surface area (Å²) in [6.07, 6.45) is 3.84. The Kier molecular flexibility index (Phi) is 6.76. The van der Waals surface area contributed by atoms with E-state index in [0.717, 1.165) is 11.1 Å². The van der Waals surface area contributed by atoms with Gasteiger partial charge in [0, 0.05) is 11.1 Å². The standard InChI is InChI=1S/C23H19BrN2O2/c1-28-22-15-13-19(16-20(22)24)23(27)26-25-21(18-10-6-3-7-11-18)14-12-17-8-4-2-5-9-17/h2-16H,1H3,(H,26,27). The number of hydrogen-bond acceptors (Lipinski definition) is 3. The van der Waals surface area contributed by atoms with Crippen LogP contribution in [0, 0.1) is 0 Å². The third kappa shape index (κ3) is 5.18. The lowest BCUT2D eigenvalue weighted by Crippen LogP contribution is -2.19. The topological polar surface area (TPSA) is 50.7 Å². The van der Waals surface area contributed by atoms with E-state index in [1.807, 2.05) is 72.8 Å². The Bertz CT molecular complexity index is 1000. The molecule has 0 saturated carbocycles. The first-order chi connectivity index (χ1) is 13.7. The van der Waals surface area contributed by atoms with Crippen molar-refractivity contribution in [3.05, 3.63) is 106 Å². The van der Waals surface area contributed by atoms with Crippen molar-refractivity contribution in [3.8, 4) is 5.75 Å². The predicted molar refractivity (Wildman–Crippen MR) is 117 cm³/mol. The lowest BCUT2D eigenvalue weighted by atomic mass is 10.1. The predicted octanol–water partition coefficient (Wildman–Crippen LogP) is 5.31. The zero-order valence-corrected chi connectivity index (χ0v) is 16.9. The van der Waals surface area contributed by atoms with Gasteiger partial charge in [-0.2, -0.15) is 5.10 Å². The van der Waals surface area contributed by atoms with Crippen molar-refractivity contribution in [2.75, 3.05) is 7.11 Å². The van der Waals surface area contributed by atoms with E-state index in [2.05, 4.69) is 26.5 Å². The van der Waals surface area contributed by atoms with Gasteiger partial charge >= 0.3 is 0 Å². The zero-order valence-electron chi connectivity index (χ0n) is 15.3. The maximum absolute atomic E-state index is 12.5. The van der Waals surface area contributed by atoms with E-state index in [4.69, 9.17) is 4.74 Å². The highest BCUT2D eigenvalue weighted by molar-refractivity contribution is 9.10. The van der Waals surface area contributed by atoms with Gasteiger partial charge < -0.3 is 4.74 Å². The second-order valence-corrected chi connectivity index (χ2v) is 6.75. The van der Waals surface area contributed by atoms with Crippen molar-refractivity contribution in [1.29, 1.82) is 0 Å². The minimum atomic E-state index is -0.301. The van der Waals surface area contributed by atoms with Gasteiger partial charge in [0.05, 0.1) is 17.3 Å². The molecule has 1 N–H and O–H groups in total. The number of benzene rings is 3. The molecule has 0 aliphatic heterocycles. The molecule has 140 valence electrons. The summed E-state index contributed by atoms with van der Waals surface area (Å²) in [5.74, 6) is 0.362. The number of nitrogens with one attached hydrogen (secondary N) is 1. The molecule has 0 spiro atoms. The van der Waals surface area contributed by atoms with Crippen LogP contribution in [0.5, 0.6) is 5.75 Å². The van der Waals surface area contributed by atoms with E-state index in [1.165, 1.54) is 0 Å². The van der Waals surface area contributed by atoms with E-state index < -0.39 is 0 Å². The number of methoxy groups -OCH3 is 1. The van der Waals surface area contributed by atoms with Crippen molar-refractivity contribution in [2.45, 2.75) is 0 Å². The van der Waals surface area contributed by atoms with Crippen molar-refractivity contribution in [3.63, 3.8) is 0 Å². The monoisotopic (exact) mass is 434 g/mol. The Hall–Kier alpha value is -3.18. The summed E-state index contributed by atoms with van der Waals surface area (Å²) in [5, 5.41) is 4.34. The third-order valence-electron chi connectivity index (χ3n) is 3.99. The number of allylic oxidation sites excluding steroid dienone is 1. The fraction of sp³-hybridized carbons (Fsp3) is 0.0435. The van der Waals surface area contributed by atoms with Crippen LogP contribution in [0.25, 0.3) is 6.08 Å². The average molecular weight is 435 g/mol. The molecule has 3 aromatic carbocycles. The summed E-state index contributed by atoms with van der Waals surface area (Å²) in [6.45, 7) is 0. The molecule has 0 aromatic heterocycles. The van der Waals surface area contributed by atoms with Gasteiger partial charge in [0.25, 0.3) is 5.91 Å². The lowest BCUT2D eigenvalue weighted by Gasteiger charge is -2.07. The van der Waals surface area contributed by atoms with E-state index >= 15 is 0 Å². The van der Waals surface area contributed by atoms with Gasteiger partial charge in [0.1, 0.15) is 5.75 Å². The molecular weight excluding hydrogens is 416 g/mol. The largest absolute Gasteiger partial charge is 0.496 e. The average Bonchev–Trinajstić information content (AvgIpc) is 2.75. The van der Waals surface area contributed by atoms with Crippen LogP contribution in [-0.2, 0) is 0 Å². The quantitative estimate of drug-likeness (QED) is 0.422. The second-order valence-electron chi connectivity index (χ2n) is 5.90. The van der Waals surface area contributed by atoms with Crippen molar-refractivity contribution in [2.24, 2.45) is 5.10 Å². The summed E-state index contributed by atoms with van der Waals surface area (Å²) in [7, 11) is 1.58. The first-order valence-electron chi connectivity index (χ1n) is 8.67. The highest BCUT2D eigenvalue weighted by atomic mass is 79.9. The molecule has 0 aliphatic rings. The van der Waals surface area contributed by atoms with Crippen molar-refractivity contribution < 1.29 is 9.53 Å². The van der Waals surface area contributed by atoms with Crippen LogP contribution in [-0.4, -0.2) is 18.7 Å². The number of halogens is 1. The second kappa shape index (κ2) is 9.67. The number of nitrogens with zero attached hydrogens (tertiary/aromatic N) is 1. The van der Waals surface area contributed by atoms with Gasteiger partial charge in [0.15, 0.2) is 0 Å². The fourth-order valence-corrected chi connectivity index (χ4v) is 3.07. The summed E-state index contributed by atoms with van der Waals surface area (Å²) in [6, 6.07) is 24.8. The maximum atomic E-state index is 12.5. The molecular formula is C23H19BrN2O2. The van der Waals surface area contributed by atoms with Crippen LogP contribution in [0.15, 0.2) is 94.5 Å². The first kappa shape index (κ1) is 19.6. The Morgan fingerprint density at radius 3 is 2.29 bits per heavy atom. The molecule has 0 unspecified atom stereocenters. The molecule has 3 rings (SSSR count). The van der Waals surface area contributed by atoms with E-state index in [1.54, 1.807) is 25.3 Å². The molecule has 1 amide bonds. The Morgan fingerprint density at radius 2 is 1.64 bits per heavy atom. The Balaban J connectivity index is 1.83. The molecule has 0 bridgehead atoms. The number of ether oxygens (including phenoxy) is 1. The minimum Gasteiger partial charge on any atom is -0.496 e. The van der Waals surface area contributed by atoms with Gasteiger partial charge in [-0.05, 0) is 45.8 Å². The minimum absolute atomic E-state index is 0.301. The maximum Gasteiger partial charge on any atom is 0.271 e. The number of amides is 1. The number of carbonyl (C=O) groups excluding carboxylic acids is 1. The summed E-state index contributed by atoms with van der Waals surface area (Å²) in [4.78, 5) is 12.5. The number of rotatable bonds is 6. The van der Waals surface area contributed by atoms with Crippen LogP contribution < -0.4 is 10.2 Å². The summed E-state index contributed by atoms with van der Waals surface area (Å²) < 4.78 is 5.90. The van der Waals surface area contributed by atoms with Crippen molar-refractivity contribution in [1.82, 2.24) is 5.43 Å². The van der Waals surface area contributed by atoms with Crippen LogP contribution in [0.4, 0.5) is 0 Å². The highest BCUT2D eigenvalue weighted by Gasteiger charge is 2.09. The van der Waals surface area contributed by atoms with Gasteiger partial charge in [-0.25, -0.2) is 5.43 Å². The van der Waals surface area contributed by atoms with Gasteiger partial charge in [-0.15, -0.1) is 0 Å². The molecule has 0 aliphatic carbocycles. The Labute approximate surface area is 172 Å². The number of hydrazone groups is 1. The first-order valence-corrected chi connectivity index (χ1v) is 9.47. The lowest BCUT2D eigenvalue weighted by molar-refractivity contribution is 0.0955. The Morgan fingerprint density at radius 1 is 0.964 bits per heavy atom. The molecule has 28 heavy (non-hydrogen) atoms. The van der Waals surface area contributed by atoms with E-state index in [0.29, 0.717) is 21.5 Å². The molecule has 0 atom stereocenters. The summed E-state index contributed by atoms with van der Waals surface area (Å²) in [5.41, 5.74) is 5.74. The van der Waals surface area contributed by atoms with Gasteiger partial charge in [-0.1, -0.05) is 66.7 Å². The molecule has 4 nitrogen and oxygen atoms in total. The smallest absolute Gasteiger partial charge is 0.271 e. The fourth-order valence-electron chi connectivity index (χ4n) is 2.53. The molecule has 3 aromatic rings. The van der Waals surface area contributed by atoms with E-state index in [-0.39, 0.29) is 5.91 Å². The SMILES string of the molecule is COc1ccc(C(=O)NN=C(C=Cc2ccccc2)c2ccccc2)cc1Br. The van der Waals surface area contributed by atoms with Gasteiger partial charge in [0.2, 0.25) is 0 Å².